The molecule has 0 spiro atoms. The van der Waals surface area contributed by atoms with Crippen molar-refractivity contribution in [1.29, 1.82) is 0 Å². The molecule has 3 aliphatic rings. The lowest BCUT2D eigenvalue weighted by Crippen LogP contribution is -2.49. The van der Waals surface area contributed by atoms with Crippen molar-refractivity contribution < 1.29 is 14.3 Å². The van der Waals surface area contributed by atoms with Crippen molar-refractivity contribution in [3.05, 3.63) is 23.9 Å². The molecule has 0 radical (unpaired) electrons. The van der Waals surface area contributed by atoms with Gasteiger partial charge in [-0.05, 0) is 37.3 Å². The molecule has 1 aliphatic carbocycles. The molecule has 0 N–H and O–H groups in total. The Morgan fingerprint density at radius 1 is 1.26 bits per heavy atom. The molecule has 27 heavy (non-hydrogen) atoms. The molecule has 3 heterocycles. The van der Waals surface area contributed by atoms with Gasteiger partial charge in [-0.2, -0.15) is 0 Å². The molecular weight excluding hydrogens is 342 g/mol. The van der Waals surface area contributed by atoms with Crippen LogP contribution in [0.2, 0.25) is 0 Å². The molecule has 2 aliphatic heterocycles. The standard InChI is InChI=1S/C21H31N3O3/c1-2-3-4-18-14-24(15-19(27-18)16-5-6-16)20-13-17(7-8-22-20)21(25)23-9-11-26-12-10-23/h7-8,13,16,18-19H,2-6,9-12,14-15H2,1H3/t18-,19-/m1/s1. The summed E-state index contributed by atoms with van der Waals surface area (Å²) in [6.07, 6.45) is 8.39. The Kier molecular flexibility index (Phi) is 5.93. The topological polar surface area (TPSA) is 54.9 Å². The number of hydrogen-bond acceptors (Lipinski definition) is 5. The Balaban J connectivity index is 1.48. The number of hydrogen-bond donors (Lipinski definition) is 0. The Bertz CT molecular complexity index is 643. The van der Waals surface area contributed by atoms with Gasteiger partial charge in [0.05, 0.1) is 25.4 Å². The van der Waals surface area contributed by atoms with Crippen molar-refractivity contribution in [2.75, 3.05) is 44.3 Å². The number of aromatic nitrogens is 1. The number of morpholine rings is 2. The van der Waals surface area contributed by atoms with Gasteiger partial charge in [-0.3, -0.25) is 4.79 Å². The third-order valence-electron chi connectivity index (χ3n) is 5.83. The summed E-state index contributed by atoms with van der Waals surface area (Å²) < 4.78 is 11.7. The summed E-state index contributed by atoms with van der Waals surface area (Å²) in [5.74, 6) is 1.69. The molecule has 2 atom stereocenters. The number of pyridine rings is 1. The summed E-state index contributed by atoms with van der Waals surface area (Å²) in [6, 6.07) is 3.79. The Morgan fingerprint density at radius 2 is 2.07 bits per heavy atom. The highest BCUT2D eigenvalue weighted by Gasteiger charge is 2.38. The summed E-state index contributed by atoms with van der Waals surface area (Å²) in [6.45, 7) is 6.54. The summed E-state index contributed by atoms with van der Waals surface area (Å²) in [5, 5.41) is 0. The SMILES string of the molecule is CCCC[C@@H]1CN(c2cc(C(=O)N3CCOCC3)ccn2)C[C@H](C2CC2)O1. The summed E-state index contributed by atoms with van der Waals surface area (Å²) in [7, 11) is 0. The van der Waals surface area contributed by atoms with E-state index in [1.165, 1.54) is 25.7 Å². The van der Waals surface area contributed by atoms with E-state index in [1.54, 1.807) is 6.20 Å². The highest BCUT2D eigenvalue weighted by molar-refractivity contribution is 5.94. The zero-order chi connectivity index (χ0) is 18.6. The minimum absolute atomic E-state index is 0.0801. The number of nitrogens with zero attached hydrogens (tertiary/aromatic N) is 3. The lowest BCUT2D eigenvalue weighted by Gasteiger charge is -2.39. The first kappa shape index (κ1) is 18.7. The molecule has 1 aromatic heterocycles. The van der Waals surface area contributed by atoms with E-state index in [2.05, 4.69) is 16.8 Å². The molecular formula is C21H31N3O3. The summed E-state index contributed by atoms with van der Waals surface area (Å²) >= 11 is 0. The van der Waals surface area contributed by atoms with Crippen molar-refractivity contribution >= 4 is 11.7 Å². The molecule has 0 bridgehead atoms. The van der Waals surface area contributed by atoms with Crippen LogP contribution in [0, 0.1) is 5.92 Å². The van der Waals surface area contributed by atoms with Crippen molar-refractivity contribution in [1.82, 2.24) is 9.88 Å². The first-order valence-electron chi connectivity index (χ1n) is 10.5. The second kappa shape index (κ2) is 8.57. The quantitative estimate of drug-likeness (QED) is 0.767. The number of unbranched alkanes of at least 4 members (excludes halogenated alkanes) is 1. The Labute approximate surface area is 161 Å². The van der Waals surface area contributed by atoms with Crippen LogP contribution < -0.4 is 4.90 Å². The molecule has 3 fully saturated rings. The molecule has 6 nitrogen and oxygen atoms in total. The maximum atomic E-state index is 12.8. The molecule has 1 saturated carbocycles. The average molecular weight is 373 g/mol. The van der Waals surface area contributed by atoms with E-state index in [9.17, 15) is 4.79 Å². The minimum Gasteiger partial charge on any atom is -0.378 e. The third kappa shape index (κ3) is 4.61. The van der Waals surface area contributed by atoms with Gasteiger partial charge in [-0.15, -0.1) is 0 Å². The van der Waals surface area contributed by atoms with Crippen LogP contribution in [0.5, 0.6) is 0 Å². The number of rotatable bonds is 6. The second-order valence-electron chi connectivity index (χ2n) is 7.99. The van der Waals surface area contributed by atoms with Crippen LogP contribution in [0.25, 0.3) is 0 Å². The molecule has 1 aromatic rings. The smallest absolute Gasteiger partial charge is 0.254 e. The second-order valence-corrected chi connectivity index (χ2v) is 7.99. The first-order chi connectivity index (χ1) is 13.2. The molecule has 1 amide bonds. The van der Waals surface area contributed by atoms with E-state index in [1.807, 2.05) is 17.0 Å². The summed E-state index contributed by atoms with van der Waals surface area (Å²) in [4.78, 5) is 21.6. The lowest BCUT2D eigenvalue weighted by atomic mass is 10.1. The van der Waals surface area contributed by atoms with E-state index in [0.717, 1.165) is 30.9 Å². The van der Waals surface area contributed by atoms with Crippen LogP contribution in [0.15, 0.2) is 18.3 Å². The number of ether oxygens (including phenoxy) is 2. The highest BCUT2D eigenvalue weighted by atomic mass is 16.5. The van der Waals surface area contributed by atoms with Gasteiger partial charge < -0.3 is 19.3 Å². The predicted octanol–water partition coefficient (Wildman–Crippen LogP) is 2.73. The fourth-order valence-corrected chi connectivity index (χ4v) is 4.05. The number of anilines is 1. The van der Waals surface area contributed by atoms with Crippen molar-refractivity contribution in [2.45, 2.75) is 51.2 Å². The maximum absolute atomic E-state index is 12.8. The molecule has 148 valence electrons. The zero-order valence-electron chi connectivity index (χ0n) is 16.3. The number of amides is 1. The third-order valence-corrected chi connectivity index (χ3v) is 5.83. The van der Waals surface area contributed by atoms with Crippen LogP contribution in [-0.2, 0) is 9.47 Å². The van der Waals surface area contributed by atoms with Crippen LogP contribution in [0.4, 0.5) is 5.82 Å². The average Bonchev–Trinajstić information content (AvgIpc) is 3.58. The normalized spacial score (nSPS) is 26.3. The zero-order valence-corrected chi connectivity index (χ0v) is 16.3. The fourth-order valence-electron chi connectivity index (χ4n) is 4.05. The fraction of sp³-hybridized carbons (Fsp3) is 0.714. The van der Waals surface area contributed by atoms with Crippen molar-refractivity contribution in [3.8, 4) is 0 Å². The molecule has 2 saturated heterocycles. The van der Waals surface area contributed by atoms with Gasteiger partial charge in [0.25, 0.3) is 5.91 Å². The van der Waals surface area contributed by atoms with Gasteiger partial charge in [-0.25, -0.2) is 4.98 Å². The van der Waals surface area contributed by atoms with Gasteiger partial charge in [0.2, 0.25) is 0 Å². The first-order valence-corrected chi connectivity index (χ1v) is 10.5. The minimum atomic E-state index is 0.0801. The monoisotopic (exact) mass is 373 g/mol. The van der Waals surface area contributed by atoms with Crippen molar-refractivity contribution in [2.24, 2.45) is 5.92 Å². The van der Waals surface area contributed by atoms with Gasteiger partial charge in [-0.1, -0.05) is 19.8 Å². The van der Waals surface area contributed by atoms with Gasteiger partial charge in [0, 0.05) is 37.9 Å². The van der Waals surface area contributed by atoms with E-state index in [-0.39, 0.29) is 12.0 Å². The largest absolute Gasteiger partial charge is 0.378 e. The molecule has 0 unspecified atom stereocenters. The highest BCUT2D eigenvalue weighted by Crippen LogP contribution is 2.38. The van der Waals surface area contributed by atoms with Crippen LogP contribution >= 0.6 is 0 Å². The van der Waals surface area contributed by atoms with E-state index >= 15 is 0 Å². The van der Waals surface area contributed by atoms with Gasteiger partial charge in [0.1, 0.15) is 5.82 Å². The van der Waals surface area contributed by atoms with E-state index < -0.39 is 0 Å². The molecule has 0 aromatic carbocycles. The van der Waals surface area contributed by atoms with E-state index in [0.29, 0.717) is 38.3 Å². The Morgan fingerprint density at radius 3 is 2.81 bits per heavy atom. The van der Waals surface area contributed by atoms with Crippen LogP contribution in [0.3, 0.4) is 0 Å². The number of carbonyl (C=O) groups excluding carboxylic acids is 1. The van der Waals surface area contributed by atoms with Crippen LogP contribution in [-0.4, -0.2) is 67.4 Å². The van der Waals surface area contributed by atoms with Gasteiger partial charge >= 0.3 is 0 Å². The number of carbonyl (C=O) groups is 1. The Hall–Kier alpha value is -1.66. The van der Waals surface area contributed by atoms with Crippen molar-refractivity contribution in [3.63, 3.8) is 0 Å². The lowest BCUT2D eigenvalue weighted by molar-refractivity contribution is -0.0411. The predicted molar refractivity (Wildman–Crippen MR) is 104 cm³/mol. The van der Waals surface area contributed by atoms with E-state index in [4.69, 9.17) is 9.47 Å². The maximum Gasteiger partial charge on any atom is 0.254 e. The van der Waals surface area contributed by atoms with Crippen LogP contribution in [0.1, 0.15) is 49.4 Å². The van der Waals surface area contributed by atoms with Gasteiger partial charge in [0.15, 0.2) is 0 Å². The summed E-state index contributed by atoms with van der Waals surface area (Å²) in [5.41, 5.74) is 0.724. The molecule has 6 heteroatoms. The molecule has 4 rings (SSSR count).